The number of benzene rings is 1. The molecular formula is C13H16. The Hall–Kier alpha value is -1.04. The molecule has 0 bridgehead atoms. The Kier molecular flexibility index (Phi) is 2.49. The van der Waals surface area contributed by atoms with E-state index in [1.165, 1.54) is 24.8 Å². The predicted molar refractivity (Wildman–Crippen MR) is 57.4 cm³/mol. The quantitative estimate of drug-likeness (QED) is 0.603. The third kappa shape index (κ3) is 2.00. The highest BCUT2D eigenvalue weighted by Crippen LogP contribution is 2.29. The summed E-state index contributed by atoms with van der Waals surface area (Å²) in [6.45, 7) is 2.33. The van der Waals surface area contributed by atoms with Crippen molar-refractivity contribution in [3.05, 3.63) is 42.0 Å². The summed E-state index contributed by atoms with van der Waals surface area (Å²) in [7, 11) is 0. The van der Waals surface area contributed by atoms with Gasteiger partial charge >= 0.3 is 0 Å². The molecule has 1 aliphatic rings. The van der Waals surface area contributed by atoms with Gasteiger partial charge in [-0.15, -0.1) is 0 Å². The van der Waals surface area contributed by atoms with Gasteiger partial charge < -0.3 is 0 Å². The molecule has 0 fully saturated rings. The van der Waals surface area contributed by atoms with Crippen molar-refractivity contribution in [1.29, 1.82) is 0 Å². The Labute approximate surface area is 80.3 Å². The van der Waals surface area contributed by atoms with Crippen LogP contribution in [0.4, 0.5) is 0 Å². The second-order valence-electron chi connectivity index (χ2n) is 3.97. The molecule has 13 heavy (non-hydrogen) atoms. The van der Waals surface area contributed by atoms with Crippen LogP contribution in [0, 0.1) is 5.92 Å². The Morgan fingerprint density at radius 3 is 2.54 bits per heavy atom. The topological polar surface area (TPSA) is 0 Å². The van der Waals surface area contributed by atoms with E-state index in [1.807, 2.05) is 0 Å². The zero-order valence-corrected chi connectivity index (χ0v) is 8.16. The molecule has 0 saturated heterocycles. The van der Waals surface area contributed by atoms with Crippen LogP contribution >= 0.6 is 0 Å². The molecule has 0 heterocycles. The molecule has 0 aliphatic heterocycles. The van der Waals surface area contributed by atoms with Gasteiger partial charge in [-0.2, -0.15) is 0 Å². The van der Waals surface area contributed by atoms with Gasteiger partial charge in [0.1, 0.15) is 0 Å². The molecule has 68 valence electrons. The van der Waals surface area contributed by atoms with Crippen molar-refractivity contribution >= 4 is 5.57 Å². The van der Waals surface area contributed by atoms with Gasteiger partial charge in [0.05, 0.1) is 0 Å². The SMILES string of the molecule is CC1CC=C(c2ccccc2)CC1. The van der Waals surface area contributed by atoms with Crippen LogP contribution in [0.3, 0.4) is 0 Å². The van der Waals surface area contributed by atoms with E-state index in [2.05, 4.69) is 43.3 Å². The lowest BCUT2D eigenvalue weighted by Gasteiger charge is -2.18. The summed E-state index contributed by atoms with van der Waals surface area (Å²) in [5.41, 5.74) is 2.95. The van der Waals surface area contributed by atoms with Crippen molar-refractivity contribution in [2.45, 2.75) is 26.2 Å². The van der Waals surface area contributed by atoms with Crippen LogP contribution in [-0.4, -0.2) is 0 Å². The molecule has 0 amide bonds. The van der Waals surface area contributed by atoms with E-state index in [4.69, 9.17) is 0 Å². The van der Waals surface area contributed by atoms with Crippen molar-refractivity contribution in [3.8, 4) is 0 Å². The van der Waals surface area contributed by atoms with Crippen molar-refractivity contribution in [1.82, 2.24) is 0 Å². The maximum absolute atomic E-state index is 2.41. The molecule has 0 radical (unpaired) electrons. The third-order valence-electron chi connectivity index (χ3n) is 2.82. The first kappa shape index (κ1) is 8.55. The molecular weight excluding hydrogens is 156 g/mol. The molecule has 0 spiro atoms. The predicted octanol–water partition coefficient (Wildman–Crippen LogP) is 3.89. The molecule has 1 aromatic rings. The van der Waals surface area contributed by atoms with Gasteiger partial charge in [-0.3, -0.25) is 0 Å². The van der Waals surface area contributed by atoms with Crippen LogP contribution < -0.4 is 0 Å². The van der Waals surface area contributed by atoms with Gasteiger partial charge in [0, 0.05) is 0 Å². The number of hydrogen-bond acceptors (Lipinski definition) is 0. The Morgan fingerprint density at radius 2 is 1.92 bits per heavy atom. The lowest BCUT2D eigenvalue weighted by Crippen LogP contribution is -2.00. The first-order chi connectivity index (χ1) is 6.36. The van der Waals surface area contributed by atoms with E-state index in [0.717, 1.165) is 5.92 Å². The highest BCUT2D eigenvalue weighted by atomic mass is 14.2. The van der Waals surface area contributed by atoms with E-state index < -0.39 is 0 Å². The minimum atomic E-state index is 0.882. The van der Waals surface area contributed by atoms with E-state index in [0.29, 0.717) is 0 Å². The van der Waals surface area contributed by atoms with Crippen LogP contribution in [0.5, 0.6) is 0 Å². The maximum atomic E-state index is 2.41. The smallest absolute Gasteiger partial charge is 0.0228 e. The van der Waals surface area contributed by atoms with Crippen molar-refractivity contribution in [3.63, 3.8) is 0 Å². The first-order valence-electron chi connectivity index (χ1n) is 5.11. The number of hydrogen-bond donors (Lipinski definition) is 0. The van der Waals surface area contributed by atoms with Crippen molar-refractivity contribution < 1.29 is 0 Å². The molecule has 1 aliphatic carbocycles. The largest absolute Gasteiger partial charge is 0.0805 e. The molecule has 1 aromatic carbocycles. The van der Waals surface area contributed by atoms with Crippen LogP contribution in [0.25, 0.3) is 5.57 Å². The Balaban J connectivity index is 2.19. The fraction of sp³-hybridized carbons (Fsp3) is 0.385. The average Bonchev–Trinajstić information content (AvgIpc) is 2.20. The molecule has 2 rings (SSSR count). The third-order valence-corrected chi connectivity index (χ3v) is 2.82. The standard InChI is InChI=1S/C13H16/c1-11-7-9-13(10-8-11)12-5-3-2-4-6-12/h2-6,9,11H,7-8,10H2,1H3. The number of rotatable bonds is 1. The molecule has 0 nitrogen and oxygen atoms in total. The summed E-state index contributed by atoms with van der Waals surface area (Å²) in [5, 5.41) is 0. The highest BCUT2D eigenvalue weighted by Gasteiger charge is 2.10. The molecule has 0 N–H and O–H groups in total. The summed E-state index contributed by atoms with van der Waals surface area (Å²) < 4.78 is 0. The molecule has 1 unspecified atom stereocenters. The van der Waals surface area contributed by atoms with Crippen LogP contribution in [0.2, 0.25) is 0 Å². The van der Waals surface area contributed by atoms with Gasteiger partial charge in [-0.05, 0) is 36.3 Å². The summed E-state index contributed by atoms with van der Waals surface area (Å²) in [5.74, 6) is 0.882. The van der Waals surface area contributed by atoms with Gasteiger partial charge in [-0.1, -0.05) is 43.3 Å². The highest BCUT2D eigenvalue weighted by molar-refractivity contribution is 5.66. The summed E-state index contributed by atoms with van der Waals surface area (Å²) in [6, 6.07) is 10.7. The zero-order chi connectivity index (χ0) is 9.10. The molecule has 0 heteroatoms. The monoisotopic (exact) mass is 172 g/mol. The Bertz CT molecular complexity index is 295. The molecule has 0 aromatic heterocycles. The lowest BCUT2D eigenvalue weighted by molar-refractivity contribution is 0.534. The average molecular weight is 172 g/mol. The summed E-state index contributed by atoms with van der Waals surface area (Å²) in [4.78, 5) is 0. The number of allylic oxidation sites excluding steroid dienone is 2. The zero-order valence-electron chi connectivity index (χ0n) is 8.16. The Morgan fingerprint density at radius 1 is 1.15 bits per heavy atom. The lowest BCUT2D eigenvalue weighted by atomic mass is 9.88. The van der Waals surface area contributed by atoms with E-state index in [9.17, 15) is 0 Å². The first-order valence-corrected chi connectivity index (χ1v) is 5.11. The summed E-state index contributed by atoms with van der Waals surface area (Å²) >= 11 is 0. The second kappa shape index (κ2) is 3.78. The fourth-order valence-electron chi connectivity index (χ4n) is 1.88. The molecule has 1 atom stereocenters. The van der Waals surface area contributed by atoms with Crippen LogP contribution in [0.1, 0.15) is 31.7 Å². The van der Waals surface area contributed by atoms with Crippen molar-refractivity contribution in [2.75, 3.05) is 0 Å². The van der Waals surface area contributed by atoms with E-state index in [1.54, 1.807) is 5.57 Å². The van der Waals surface area contributed by atoms with Crippen LogP contribution in [-0.2, 0) is 0 Å². The second-order valence-corrected chi connectivity index (χ2v) is 3.97. The van der Waals surface area contributed by atoms with Crippen molar-refractivity contribution in [2.24, 2.45) is 5.92 Å². The minimum Gasteiger partial charge on any atom is -0.0805 e. The van der Waals surface area contributed by atoms with Gasteiger partial charge in [0.25, 0.3) is 0 Å². The fourth-order valence-corrected chi connectivity index (χ4v) is 1.88. The van der Waals surface area contributed by atoms with E-state index >= 15 is 0 Å². The van der Waals surface area contributed by atoms with Gasteiger partial charge in [0.15, 0.2) is 0 Å². The summed E-state index contributed by atoms with van der Waals surface area (Å²) in [6.07, 6.45) is 6.26. The van der Waals surface area contributed by atoms with Gasteiger partial charge in [-0.25, -0.2) is 0 Å². The van der Waals surface area contributed by atoms with Gasteiger partial charge in [0.2, 0.25) is 0 Å². The maximum Gasteiger partial charge on any atom is -0.0228 e. The van der Waals surface area contributed by atoms with E-state index in [-0.39, 0.29) is 0 Å². The minimum absolute atomic E-state index is 0.882. The van der Waals surface area contributed by atoms with Crippen LogP contribution in [0.15, 0.2) is 36.4 Å². The molecule has 0 saturated carbocycles. The normalized spacial score (nSPS) is 22.5.